The molecule has 0 aliphatic carbocycles. The van der Waals surface area contributed by atoms with Crippen molar-refractivity contribution in [2.75, 3.05) is 13.2 Å². The number of ketones is 1. The maximum Gasteiger partial charge on any atom is 0.166 e. The lowest BCUT2D eigenvalue weighted by atomic mass is 10.1. The van der Waals surface area contributed by atoms with Crippen LogP contribution in [-0.2, 0) is 4.74 Å². The summed E-state index contributed by atoms with van der Waals surface area (Å²) in [6.07, 6.45) is 3.73. The molecule has 0 unspecified atom stereocenters. The van der Waals surface area contributed by atoms with Gasteiger partial charge in [0.15, 0.2) is 5.78 Å². The average Bonchev–Trinajstić information content (AvgIpc) is 2.18. The fourth-order valence-electron chi connectivity index (χ4n) is 1.20. The second-order valence-corrected chi connectivity index (χ2v) is 3.06. The minimum absolute atomic E-state index is 0.101. The van der Waals surface area contributed by atoms with Crippen LogP contribution in [0.15, 0.2) is 18.5 Å². The smallest absolute Gasteiger partial charge is 0.166 e. The van der Waals surface area contributed by atoms with Gasteiger partial charge in [0.2, 0.25) is 0 Å². The van der Waals surface area contributed by atoms with E-state index in [0.29, 0.717) is 25.2 Å². The molecule has 14 heavy (non-hydrogen) atoms. The summed E-state index contributed by atoms with van der Waals surface area (Å²) in [5, 5.41) is 0. The maximum atomic E-state index is 11.6. The highest BCUT2D eigenvalue weighted by Gasteiger charge is 2.07. The summed E-state index contributed by atoms with van der Waals surface area (Å²) in [7, 11) is 0. The fourth-order valence-corrected chi connectivity index (χ4v) is 1.20. The van der Waals surface area contributed by atoms with E-state index in [-0.39, 0.29) is 5.78 Å². The highest BCUT2D eigenvalue weighted by molar-refractivity contribution is 5.97. The molecule has 3 heteroatoms. The van der Waals surface area contributed by atoms with Crippen molar-refractivity contribution >= 4 is 5.78 Å². The third-order valence-corrected chi connectivity index (χ3v) is 2.02. The topological polar surface area (TPSA) is 39.2 Å². The molecule has 0 fully saturated rings. The molecule has 0 aliphatic rings. The van der Waals surface area contributed by atoms with Crippen LogP contribution in [0.4, 0.5) is 0 Å². The molecule has 0 aromatic carbocycles. The fraction of sp³-hybridized carbons (Fsp3) is 0.455. The lowest BCUT2D eigenvalue weighted by molar-refractivity contribution is 0.0895. The standard InChI is InChI=1S/C11H15NO2/c1-3-14-7-5-11(13)10-8-12-6-4-9(10)2/h4,6,8H,3,5,7H2,1-2H3. The van der Waals surface area contributed by atoms with E-state index >= 15 is 0 Å². The number of rotatable bonds is 5. The number of carbonyl (C=O) groups is 1. The van der Waals surface area contributed by atoms with Gasteiger partial charge in [-0.3, -0.25) is 9.78 Å². The Morgan fingerprint density at radius 2 is 2.36 bits per heavy atom. The molecule has 3 nitrogen and oxygen atoms in total. The van der Waals surface area contributed by atoms with Gasteiger partial charge in [0.05, 0.1) is 6.61 Å². The first kappa shape index (κ1) is 10.9. The van der Waals surface area contributed by atoms with E-state index in [1.165, 1.54) is 0 Å². The lowest BCUT2D eigenvalue weighted by Crippen LogP contribution is -2.06. The number of Topliss-reactive ketones (excluding diaryl/α,β-unsaturated/α-hetero) is 1. The van der Waals surface area contributed by atoms with Gasteiger partial charge in [0.25, 0.3) is 0 Å². The van der Waals surface area contributed by atoms with E-state index in [1.54, 1.807) is 12.4 Å². The summed E-state index contributed by atoms with van der Waals surface area (Å²) in [5.41, 5.74) is 1.67. The summed E-state index contributed by atoms with van der Waals surface area (Å²) in [4.78, 5) is 15.6. The van der Waals surface area contributed by atoms with Crippen LogP contribution in [0, 0.1) is 6.92 Å². The van der Waals surface area contributed by atoms with Crippen LogP contribution < -0.4 is 0 Å². The predicted molar refractivity (Wildman–Crippen MR) is 54.4 cm³/mol. The zero-order valence-corrected chi connectivity index (χ0v) is 8.62. The first-order chi connectivity index (χ1) is 6.75. The number of pyridine rings is 1. The Hall–Kier alpha value is -1.22. The normalized spacial score (nSPS) is 10.1. The molecule has 0 spiro atoms. The molecule has 1 aromatic rings. The van der Waals surface area contributed by atoms with E-state index in [1.807, 2.05) is 19.9 Å². The molecule has 0 N–H and O–H groups in total. The molecule has 1 heterocycles. The van der Waals surface area contributed by atoms with Crippen LogP contribution in [0.5, 0.6) is 0 Å². The number of carbonyl (C=O) groups excluding carboxylic acids is 1. The van der Waals surface area contributed by atoms with E-state index in [0.717, 1.165) is 5.56 Å². The monoisotopic (exact) mass is 193 g/mol. The van der Waals surface area contributed by atoms with Gasteiger partial charge in [-0.1, -0.05) is 0 Å². The van der Waals surface area contributed by atoms with Crippen molar-refractivity contribution in [3.8, 4) is 0 Å². The van der Waals surface area contributed by atoms with Crippen LogP contribution in [0.1, 0.15) is 29.3 Å². The van der Waals surface area contributed by atoms with Crippen LogP contribution in [0.3, 0.4) is 0 Å². The molecule has 0 radical (unpaired) electrons. The molecular weight excluding hydrogens is 178 g/mol. The van der Waals surface area contributed by atoms with Gasteiger partial charge in [-0.2, -0.15) is 0 Å². The molecule has 1 rings (SSSR count). The molecular formula is C11H15NO2. The number of nitrogens with zero attached hydrogens (tertiary/aromatic N) is 1. The molecule has 0 atom stereocenters. The van der Waals surface area contributed by atoms with Gasteiger partial charge in [0.1, 0.15) is 0 Å². The Morgan fingerprint density at radius 3 is 3.00 bits per heavy atom. The van der Waals surface area contributed by atoms with Crippen molar-refractivity contribution in [1.29, 1.82) is 0 Å². The molecule has 0 bridgehead atoms. The molecule has 0 saturated heterocycles. The molecule has 76 valence electrons. The Morgan fingerprint density at radius 1 is 1.57 bits per heavy atom. The Labute approximate surface area is 84.1 Å². The van der Waals surface area contributed by atoms with Crippen molar-refractivity contribution in [3.05, 3.63) is 29.6 Å². The Balaban J connectivity index is 2.56. The largest absolute Gasteiger partial charge is 0.381 e. The predicted octanol–water partition coefficient (Wildman–Crippen LogP) is 2.00. The minimum atomic E-state index is 0.101. The van der Waals surface area contributed by atoms with Gasteiger partial charge >= 0.3 is 0 Å². The quantitative estimate of drug-likeness (QED) is 0.530. The zero-order valence-electron chi connectivity index (χ0n) is 8.62. The average molecular weight is 193 g/mol. The van der Waals surface area contributed by atoms with E-state index in [2.05, 4.69) is 4.98 Å². The van der Waals surface area contributed by atoms with Gasteiger partial charge in [0, 0.05) is 31.0 Å². The summed E-state index contributed by atoms with van der Waals surface area (Å²) in [5.74, 6) is 0.101. The zero-order chi connectivity index (χ0) is 10.4. The number of aryl methyl sites for hydroxylation is 1. The van der Waals surface area contributed by atoms with Crippen LogP contribution in [0.25, 0.3) is 0 Å². The molecule has 0 aliphatic heterocycles. The minimum Gasteiger partial charge on any atom is -0.381 e. The first-order valence-corrected chi connectivity index (χ1v) is 4.77. The maximum absolute atomic E-state index is 11.6. The van der Waals surface area contributed by atoms with Crippen molar-refractivity contribution in [3.63, 3.8) is 0 Å². The first-order valence-electron chi connectivity index (χ1n) is 4.77. The highest BCUT2D eigenvalue weighted by atomic mass is 16.5. The molecule has 0 saturated carbocycles. The lowest BCUT2D eigenvalue weighted by Gasteiger charge is -2.03. The Bertz CT molecular complexity index is 310. The highest BCUT2D eigenvalue weighted by Crippen LogP contribution is 2.07. The van der Waals surface area contributed by atoms with Crippen molar-refractivity contribution < 1.29 is 9.53 Å². The van der Waals surface area contributed by atoms with Gasteiger partial charge < -0.3 is 4.74 Å². The second kappa shape index (κ2) is 5.50. The van der Waals surface area contributed by atoms with Crippen LogP contribution in [-0.4, -0.2) is 24.0 Å². The number of ether oxygens (including phenoxy) is 1. The SMILES string of the molecule is CCOCCC(=O)c1cnccc1C. The van der Waals surface area contributed by atoms with Gasteiger partial charge in [-0.05, 0) is 25.5 Å². The van der Waals surface area contributed by atoms with Crippen LogP contribution >= 0.6 is 0 Å². The second-order valence-electron chi connectivity index (χ2n) is 3.06. The molecule has 1 aromatic heterocycles. The summed E-state index contributed by atoms with van der Waals surface area (Å²) in [6.45, 7) is 4.97. The third-order valence-electron chi connectivity index (χ3n) is 2.02. The molecule has 0 amide bonds. The van der Waals surface area contributed by atoms with Gasteiger partial charge in [-0.25, -0.2) is 0 Å². The van der Waals surface area contributed by atoms with E-state index in [9.17, 15) is 4.79 Å². The van der Waals surface area contributed by atoms with Crippen molar-refractivity contribution in [2.24, 2.45) is 0 Å². The van der Waals surface area contributed by atoms with E-state index < -0.39 is 0 Å². The summed E-state index contributed by atoms with van der Waals surface area (Å²) in [6, 6.07) is 1.84. The van der Waals surface area contributed by atoms with Crippen LogP contribution in [0.2, 0.25) is 0 Å². The number of hydrogen-bond donors (Lipinski definition) is 0. The summed E-state index contributed by atoms with van der Waals surface area (Å²) < 4.78 is 5.12. The van der Waals surface area contributed by atoms with Crippen molar-refractivity contribution in [2.45, 2.75) is 20.3 Å². The number of aromatic nitrogens is 1. The third kappa shape index (κ3) is 2.92. The van der Waals surface area contributed by atoms with Crippen molar-refractivity contribution in [1.82, 2.24) is 4.98 Å². The van der Waals surface area contributed by atoms with Gasteiger partial charge in [-0.15, -0.1) is 0 Å². The number of hydrogen-bond acceptors (Lipinski definition) is 3. The van der Waals surface area contributed by atoms with E-state index in [4.69, 9.17) is 4.74 Å². The Kier molecular flexibility index (Phi) is 4.26. The summed E-state index contributed by atoms with van der Waals surface area (Å²) >= 11 is 0.